The molecule has 4 heteroatoms. The molecule has 4 N–H and O–H groups in total. The van der Waals surface area contributed by atoms with Gasteiger partial charge >= 0.3 is 0 Å². The van der Waals surface area contributed by atoms with Crippen LogP contribution in [0.1, 0.15) is 25.7 Å². The molecule has 1 spiro atoms. The lowest BCUT2D eigenvalue weighted by molar-refractivity contribution is 0.144. The molecule has 0 aliphatic carbocycles. The maximum Gasteiger partial charge on any atom is -0.000463 e. The van der Waals surface area contributed by atoms with Crippen LogP contribution in [0.2, 0.25) is 0 Å². The first kappa shape index (κ1) is 13.8. The van der Waals surface area contributed by atoms with Crippen LogP contribution < -0.4 is 21.3 Å². The Hall–Kier alpha value is -0.160. The largest absolute Gasteiger partial charge is 0.317 e. The van der Waals surface area contributed by atoms with Gasteiger partial charge in [-0.05, 0) is 95.3 Å². The Labute approximate surface area is 117 Å². The van der Waals surface area contributed by atoms with E-state index in [-0.39, 0.29) is 0 Å². The second kappa shape index (κ2) is 6.53. The third-order valence-corrected chi connectivity index (χ3v) is 5.62. The first-order chi connectivity index (χ1) is 9.38. The number of rotatable bonds is 0. The van der Waals surface area contributed by atoms with E-state index in [0.717, 1.165) is 17.3 Å². The molecule has 0 radical (unpaired) electrons. The van der Waals surface area contributed by atoms with E-state index in [1.165, 1.54) is 78.0 Å². The fourth-order valence-electron chi connectivity index (χ4n) is 4.13. The standard InChI is InChI=1S/C9H18N2.C6H12N2/c1-5-10-6-2-9(1)3-7-11-8-4-9;1-5-2-8-4-6(5)3-7-1/h10-11H,1-8H2;5-8H,1-4H2. The Kier molecular flexibility index (Phi) is 4.74. The maximum atomic E-state index is 3.44. The molecule has 4 heterocycles. The zero-order valence-electron chi connectivity index (χ0n) is 12.1. The van der Waals surface area contributed by atoms with Gasteiger partial charge in [0.25, 0.3) is 0 Å². The van der Waals surface area contributed by atoms with Gasteiger partial charge in [0.05, 0.1) is 0 Å². The van der Waals surface area contributed by atoms with Crippen molar-refractivity contribution in [2.45, 2.75) is 25.7 Å². The van der Waals surface area contributed by atoms with Crippen molar-refractivity contribution in [2.75, 3.05) is 52.4 Å². The Morgan fingerprint density at radius 3 is 1.26 bits per heavy atom. The summed E-state index contributed by atoms with van der Waals surface area (Å²) < 4.78 is 0. The van der Waals surface area contributed by atoms with Crippen LogP contribution in [0, 0.1) is 17.3 Å². The van der Waals surface area contributed by atoms with Gasteiger partial charge in [-0.3, -0.25) is 0 Å². The van der Waals surface area contributed by atoms with Crippen LogP contribution in [0.5, 0.6) is 0 Å². The molecule has 0 saturated carbocycles. The number of hydrogen-bond donors (Lipinski definition) is 4. The first-order valence-corrected chi connectivity index (χ1v) is 8.21. The average Bonchev–Trinajstić information content (AvgIpc) is 3.04. The third kappa shape index (κ3) is 3.48. The van der Waals surface area contributed by atoms with Gasteiger partial charge in [0.15, 0.2) is 0 Å². The summed E-state index contributed by atoms with van der Waals surface area (Å²) >= 11 is 0. The van der Waals surface area contributed by atoms with Crippen molar-refractivity contribution in [1.29, 1.82) is 0 Å². The third-order valence-electron chi connectivity index (χ3n) is 5.62. The lowest BCUT2D eigenvalue weighted by Gasteiger charge is -2.41. The van der Waals surface area contributed by atoms with Gasteiger partial charge in [0.1, 0.15) is 0 Å². The zero-order valence-corrected chi connectivity index (χ0v) is 12.1. The average molecular weight is 266 g/mol. The van der Waals surface area contributed by atoms with E-state index >= 15 is 0 Å². The molecule has 4 aliphatic rings. The second-order valence-electron chi connectivity index (χ2n) is 6.84. The predicted molar refractivity (Wildman–Crippen MR) is 79.4 cm³/mol. The minimum atomic E-state index is 0.733. The smallest absolute Gasteiger partial charge is 0.000463 e. The number of hydrogen-bond acceptors (Lipinski definition) is 4. The molecule has 0 amide bonds. The van der Waals surface area contributed by atoms with Gasteiger partial charge in [-0.15, -0.1) is 0 Å². The summed E-state index contributed by atoms with van der Waals surface area (Å²) in [4.78, 5) is 0. The van der Waals surface area contributed by atoms with Crippen molar-refractivity contribution < 1.29 is 0 Å². The molecule has 0 aromatic rings. The lowest BCUT2D eigenvalue weighted by atomic mass is 9.72. The summed E-state index contributed by atoms with van der Waals surface area (Å²) in [6.45, 7) is 9.99. The van der Waals surface area contributed by atoms with Crippen molar-refractivity contribution >= 4 is 0 Å². The molecule has 4 rings (SSSR count). The van der Waals surface area contributed by atoms with E-state index in [1.807, 2.05) is 0 Å². The molecular formula is C15H30N4. The van der Waals surface area contributed by atoms with Crippen LogP contribution in [0.25, 0.3) is 0 Å². The monoisotopic (exact) mass is 266 g/mol. The number of fused-ring (bicyclic) bond motifs is 1. The molecule has 4 aliphatic heterocycles. The van der Waals surface area contributed by atoms with Crippen molar-refractivity contribution in [2.24, 2.45) is 17.3 Å². The van der Waals surface area contributed by atoms with Gasteiger partial charge in [-0.25, -0.2) is 0 Å². The van der Waals surface area contributed by atoms with Gasteiger partial charge in [0.2, 0.25) is 0 Å². The van der Waals surface area contributed by atoms with Gasteiger partial charge in [0, 0.05) is 0 Å². The van der Waals surface area contributed by atoms with Crippen LogP contribution in [0.3, 0.4) is 0 Å². The fourth-order valence-corrected chi connectivity index (χ4v) is 4.13. The van der Waals surface area contributed by atoms with Crippen molar-refractivity contribution in [3.8, 4) is 0 Å². The number of piperidine rings is 2. The Balaban J connectivity index is 0.000000122. The van der Waals surface area contributed by atoms with Gasteiger partial charge in [-0.1, -0.05) is 0 Å². The minimum Gasteiger partial charge on any atom is -0.317 e. The quantitative estimate of drug-likeness (QED) is 0.505. The Morgan fingerprint density at radius 2 is 0.895 bits per heavy atom. The highest BCUT2D eigenvalue weighted by Crippen LogP contribution is 2.37. The summed E-state index contributed by atoms with van der Waals surface area (Å²) in [7, 11) is 0. The summed E-state index contributed by atoms with van der Waals surface area (Å²) in [5, 5.41) is 13.6. The summed E-state index contributed by atoms with van der Waals surface area (Å²) in [6.07, 6.45) is 5.65. The van der Waals surface area contributed by atoms with E-state index in [1.54, 1.807) is 0 Å². The molecule has 4 saturated heterocycles. The molecule has 19 heavy (non-hydrogen) atoms. The van der Waals surface area contributed by atoms with Crippen LogP contribution in [0.15, 0.2) is 0 Å². The molecular weight excluding hydrogens is 236 g/mol. The van der Waals surface area contributed by atoms with E-state index in [2.05, 4.69) is 21.3 Å². The Bertz CT molecular complexity index is 230. The van der Waals surface area contributed by atoms with Crippen molar-refractivity contribution in [1.82, 2.24) is 21.3 Å². The fraction of sp³-hybridized carbons (Fsp3) is 1.00. The molecule has 110 valence electrons. The topological polar surface area (TPSA) is 48.1 Å². The Morgan fingerprint density at radius 1 is 0.526 bits per heavy atom. The first-order valence-electron chi connectivity index (χ1n) is 8.21. The lowest BCUT2D eigenvalue weighted by Crippen LogP contribution is -2.43. The van der Waals surface area contributed by atoms with E-state index in [0.29, 0.717) is 0 Å². The second-order valence-corrected chi connectivity index (χ2v) is 6.84. The van der Waals surface area contributed by atoms with Crippen LogP contribution in [-0.4, -0.2) is 52.4 Å². The molecule has 0 atom stereocenters. The van der Waals surface area contributed by atoms with E-state index in [9.17, 15) is 0 Å². The molecule has 0 bridgehead atoms. The molecule has 4 nitrogen and oxygen atoms in total. The van der Waals surface area contributed by atoms with Crippen LogP contribution in [-0.2, 0) is 0 Å². The predicted octanol–water partition coefficient (Wildman–Crippen LogP) is 0.165. The number of nitrogens with one attached hydrogen (secondary N) is 4. The highest BCUT2D eigenvalue weighted by molar-refractivity contribution is 4.89. The van der Waals surface area contributed by atoms with Crippen molar-refractivity contribution in [3.63, 3.8) is 0 Å². The zero-order chi connectivity index (χ0) is 13.0. The van der Waals surface area contributed by atoms with Gasteiger partial charge < -0.3 is 21.3 Å². The van der Waals surface area contributed by atoms with E-state index < -0.39 is 0 Å². The van der Waals surface area contributed by atoms with Crippen molar-refractivity contribution in [3.05, 3.63) is 0 Å². The van der Waals surface area contributed by atoms with Crippen LogP contribution in [0.4, 0.5) is 0 Å². The SMILES string of the molecule is C1CC2(CCN1)CCNCC2.C1NCC2CNCC12. The highest BCUT2D eigenvalue weighted by Gasteiger charge is 2.32. The van der Waals surface area contributed by atoms with Crippen LogP contribution >= 0.6 is 0 Å². The normalized spacial score (nSPS) is 36.6. The van der Waals surface area contributed by atoms with E-state index in [4.69, 9.17) is 0 Å². The summed E-state index contributed by atoms with van der Waals surface area (Å²) in [6, 6.07) is 0. The highest BCUT2D eigenvalue weighted by atomic mass is 15.0. The molecule has 0 aromatic heterocycles. The summed E-state index contributed by atoms with van der Waals surface area (Å²) in [5.74, 6) is 1.91. The minimum absolute atomic E-state index is 0.733. The maximum absolute atomic E-state index is 3.44. The van der Waals surface area contributed by atoms with Gasteiger partial charge in [-0.2, -0.15) is 0 Å². The molecule has 4 fully saturated rings. The summed E-state index contributed by atoms with van der Waals surface area (Å²) in [5.41, 5.74) is 0.733. The molecule has 0 unspecified atom stereocenters. The molecule has 0 aromatic carbocycles.